The van der Waals surface area contributed by atoms with E-state index in [2.05, 4.69) is 49.9 Å². The summed E-state index contributed by atoms with van der Waals surface area (Å²) >= 11 is 5.72. The van der Waals surface area contributed by atoms with Crippen LogP contribution in [0, 0.1) is 3.57 Å². The van der Waals surface area contributed by atoms with Crippen molar-refractivity contribution >= 4 is 50.2 Å². The van der Waals surface area contributed by atoms with E-state index in [1.54, 1.807) is 12.1 Å². The minimum absolute atomic E-state index is 0.307. The molecule has 2 rings (SSSR count). The standard InChI is InChI=1S/C14H11BrINO2/c15-12-6-5-11(7-13(12)16)17-8-9-1-3-10(4-2-9)14(18)19/h1-7,17H,8H2,(H,18,19). The quantitative estimate of drug-likeness (QED) is 0.707. The highest BCUT2D eigenvalue weighted by Crippen LogP contribution is 2.22. The van der Waals surface area contributed by atoms with Crippen LogP contribution in [0.2, 0.25) is 0 Å². The van der Waals surface area contributed by atoms with Crippen molar-refractivity contribution in [1.29, 1.82) is 0 Å². The summed E-state index contributed by atoms with van der Waals surface area (Å²) in [6, 6.07) is 12.9. The largest absolute Gasteiger partial charge is 0.478 e. The van der Waals surface area contributed by atoms with Crippen LogP contribution in [0.4, 0.5) is 5.69 Å². The van der Waals surface area contributed by atoms with Crippen molar-refractivity contribution in [2.24, 2.45) is 0 Å². The molecule has 2 aromatic carbocycles. The number of anilines is 1. The number of carboxylic acid groups (broad SMARTS) is 1. The van der Waals surface area contributed by atoms with Crippen LogP contribution in [0.1, 0.15) is 15.9 Å². The summed E-state index contributed by atoms with van der Waals surface area (Å²) in [5.41, 5.74) is 2.39. The van der Waals surface area contributed by atoms with Gasteiger partial charge in [-0.1, -0.05) is 12.1 Å². The molecular weight excluding hydrogens is 421 g/mol. The molecule has 19 heavy (non-hydrogen) atoms. The van der Waals surface area contributed by atoms with Crippen molar-refractivity contribution < 1.29 is 9.90 Å². The van der Waals surface area contributed by atoms with Gasteiger partial charge in [-0.25, -0.2) is 4.79 Å². The molecule has 0 bridgehead atoms. The van der Waals surface area contributed by atoms with Crippen LogP contribution in [0.15, 0.2) is 46.9 Å². The monoisotopic (exact) mass is 431 g/mol. The Labute approximate surface area is 133 Å². The minimum atomic E-state index is -0.901. The summed E-state index contributed by atoms with van der Waals surface area (Å²) in [6.45, 7) is 0.664. The molecule has 2 N–H and O–H groups in total. The van der Waals surface area contributed by atoms with Gasteiger partial charge in [0.1, 0.15) is 0 Å². The van der Waals surface area contributed by atoms with Crippen LogP contribution in [-0.4, -0.2) is 11.1 Å². The molecule has 0 aliphatic rings. The summed E-state index contributed by atoms with van der Waals surface area (Å²) in [4.78, 5) is 10.7. The third kappa shape index (κ3) is 3.94. The summed E-state index contributed by atoms with van der Waals surface area (Å²) in [5.74, 6) is -0.901. The smallest absolute Gasteiger partial charge is 0.335 e. The number of halogens is 2. The number of rotatable bonds is 4. The second-order valence-corrected chi connectivity index (χ2v) is 6.00. The average molecular weight is 432 g/mol. The number of hydrogen-bond acceptors (Lipinski definition) is 2. The van der Waals surface area contributed by atoms with Crippen LogP contribution in [0.25, 0.3) is 0 Å². The normalized spacial score (nSPS) is 10.2. The fourth-order valence-electron chi connectivity index (χ4n) is 1.58. The van der Waals surface area contributed by atoms with Gasteiger partial charge in [0.25, 0.3) is 0 Å². The van der Waals surface area contributed by atoms with Gasteiger partial charge in [-0.15, -0.1) is 0 Å². The SMILES string of the molecule is O=C(O)c1ccc(CNc2ccc(Br)c(I)c2)cc1. The van der Waals surface area contributed by atoms with Crippen LogP contribution < -0.4 is 5.32 Å². The van der Waals surface area contributed by atoms with Crippen molar-refractivity contribution in [3.63, 3.8) is 0 Å². The third-order valence-corrected chi connectivity index (χ3v) is 4.94. The van der Waals surface area contributed by atoms with Crippen molar-refractivity contribution in [3.05, 3.63) is 61.6 Å². The lowest BCUT2D eigenvalue weighted by Gasteiger charge is -2.08. The van der Waals surface area contributed by atoms with Crippen molar-refractivity contribution in [2.45, 2.75) is 6.54 Å². The first-order valence-corrected chi connectivity index (χ1v) is 7.44. The molecule has 0 fully saturated rings. The molecule has 0 saturated carbocycles. The molecule has 0 spiro atoms. The predicted octanol–water partition coefficient (Wildman–Crippen LogP) is 4.36. The van der Waals surface area contributed by atoms with Gasteiger partial charge >= 0.3 is 5.97 Å². The van der Waals surface area contributed by atoms with Gasteiger partial charge in [0, 0.05) is 20.3 Å². The number of benzene rings is 2. The van der Waals surface area contributed by atoms with E-state index in [-0.39, 0.29) is 0 Å². The van der Waals surface area contributed by atoms with Gasteiger partial charge in [-0.3, -0.25) is 0 Å². The Balaban J connectivity index is 2.01. The number of carbonyl (C=O) groups is 1. The van der Waals surface area contributed by atoms with Crippen LogP contribution >= 0.6 is 38.5 Å². The maximum atomic E-state index is 10.7. The number of aromatic carboxylic acids is 1. The molecule has 2 aromatic rings. The van der Waals surface area contributed by atoms with Crippen molar-refractivity contribution in [3.8, 4) is 0 Å². The number of nitrogens with one attached hydrogen (secondary N) is 1. The molecular formula is C14H11BrINO2. The zero-order chi connectivity index (χ0) is 13.8. The molecule has 0 aromatic heterocycles. The highest BCUT2D eigenvalue weighted by molar-refractivity contribution is 14.1. The molecule has 5 heteroatoms. The summed E-state index contributed by atoms with van der Waals surface area (Å²) in [7, 11) is 0. The van der Waals surface area contributed by atoms with E-state index in [0.29, 0.717) is 12.1 Å². The zero-order valence-corrected chi connectivity index (χ0v) is 13.6. The zero-order valence-electron chi connectivity index (χ0n) is 9.86. The van der Waals surface area contributed by atoms with E-state index in [0.717, 1.165) is 19.3 Å². The Morgan fingerprint density at radius 2 is 1.89 bits per heavy atom. The lowest BCUT2D eigenvalue weighted by molar-refractivity contribution is 0.0697. The Morgan fingerprint density at radius 3 is 2.47 bits per heavy atom. The van der Waals surface area contributed by atoms with E-state index in [4.69, 9.17) is 5.11 Å². The van der Waals surface area contributed by atoms with E-state index in [1.807, 2.05) is 24.3 Å². The van der Waals surface area contributed by atoms with Gasteiger partial charge in [-0.05, 0) is 74.4 Å². The Morgan fingerprint density at radius 1 is 1.21 bits per heavy atom. The number of carboxylic acids is 1. The molecule has 0 heterocycles. The maximum absolute atomic E-state index is 10.7. The van der Waals surface area contributed by atoms with E-state index in [1.165, 1.54) is 0 Å². The average Bonchev–Trinajstić information content (AvgIpc) is 2.40. The summed E-state index contributed by atoms with van der Waals surface area (Å²) in [6.07, 6.45) is 0. The highest BCUT2D eigenvalue weighted by Gasteiger charge is 2.02. The van der Waals surface area contributed by atoms with Crippen LogP contribution in [-0.2, 0) is 6.54 Å². The first kappa shape index (κ1) is 14.3. The van der Waals surface area contributed by atoms with Gasteiger partial charge in [0.2, 0.25) is 0 Å². The van der Waals surface area contributed by atoms with Gasteiger partial charge < -0.3 is 10.4 Å². The minimum Gasteiger partial charge on any atom is -0.478 e. The second kappa shape index (κ2) is 6.38. The first-order chi connectivity index (χ1) is 9.06. The first-order valence-electron chi connectivity index (χ1n) is 5.57. The molecule has 98 valence electrons. The van der Waals surface area contributed by atoms with Gasteiger partial charge in [0.15, 0.2) is 0 Å². The maximum Gasteiger partial charge on any atom is 0.335 e. The fraction of sp³-hybridized carbons (Fsp3) is 0.0714. The predicted molar refractivity (Wildman–Crippen MR) is 87.6 cm³/mol. The second-order valence-electron chi connectivity index (χ2n) is 3.98. The molecule has 0 radical (unpaired) electrons. The summed E-state index contributed by atoms with van der Waals surface area (Å²) in [5, 5.41) is 12.1. The van der Waals surface area contributed by atoms with E-state index in [9.17, 15) is 4.79 Å². The topological polar surface area (TPSA) is 49.3 Å². The Hall–Kier alpha value is -1.08. The molecule has 0 unspecified atom stereocenters. The van der Waals surface area contributed by atoms with E-state index >= 15 is 0 Å². The molecule has 0 aliphatic heterocycles. The highest BCUT2D eigenvalue weighted by atomic mass is 127. The third-order valence-electron chi connectivity index (χ3n) is 2.62. The summed E-state index contributed by atoms with van der Waals surface area (Å²) < 4.78 is 2.22. The van der Waals surface area contributed by atoms with Gasteiger partial charge in [0.05, 0.1) is 5.56 Å². The lowest BCUT2D eigenvalue weighted by Crippen LogP contribution is -2.01. The molecule has 0 atom stereocenters. The molecule has 0 aliphatic carbocycles. The van der Waals surface area contributed by atoms with E-state index < -0.39 is 5.97 Å². The Kier molecular flexibility index (Phi) is 4.81. The van der Waals surface area contributed by atoms with Crippen molar-refractivity contribution in [2.75, 3.05) is 5.32 Å². The fourth-order valence-corrected chi connectivity index (χ4v) is 2.34. The number of hydrogen-bond donors (Lipinski definition) is 2. The van der Waals surface area contributed by atoms with Crippen molar-refractivity contribution in [1.82, 2.24) is 0 Å². The lowest BCUT2D eigenvalue weighted by atomic mass is 10.1. The molecule has 0 amide bonds. The Bertz CT molecular complexity index is 599. The van der Waals surface area contributed by atoms with Crippen LogP contribution in [0.3, 0.4) is 0 Å². The van der Waals surface area contributed by atoms with Gasteiger partial charge in [-0.2, -0.15) is 0 Å². The van der Waals surface area contributed by atoms with Crippen LogP contribution in [0.5, 0.6) is 0 Å². The molecule has 0 saturated heterocycles. The molecule has 3 nitrogen and oxygen atoms in total.